The van der Waals surface area contributed by atoms with Crippen molar-refractivity contribution in [2.75, 3.05) is 13.7 Å². The highest BCUT2D eigenvalue weighted by Crippen LogP contribution is 2.32. The first kappa shape index (κ1) is 27.5. The fourth-order valence-corrected chi connectivity index (χ4v) is 7.01. The van der Waals surface area contributed by atoms with Crippen LogP contribution in [0.3, 0.4) is 0 Å². The second kappa shape index (κ2) is 11.5. The Bertz CT molecular complexity index is 1610. The molecule has 0 radical (unpaired) electrons. The monoisotopic (exact) mass is 744 g/mol. The first-order valence-electron chi connectivity index (χ1n) is 11.2. The molecule has 2 aromatic carbocycles. The predicted octanol–water partition coefficient (Wildman–Crippen LogP) is 3.94. The number of rotatable bonds is 6. The van der Waals surface area contributed by atoms with E-state index in [1.54, 1.807) is 39.2 Å². The van der Waals surface area contributed by atoms with Crippen molar-refractivity contribution < 1.29 is 23.8 Å². The van der Waals surface area contributed by atoms with Crippen LogP contribution in [-0.2, 0) is 14.3 Å². The lowest BCUT2D eigenvalue weighted by atomic mass is 9.96. The molecule has 8 nitrogen and oxygen atoms in total. The van der Waals surface area contributed by atoms with Gasteiger partial charge in [0.05, 0.1) is 39.1 Å². The van der Waals surface area contributed by atoms with Gasteiger partial charge >= 0.3 is 11.9 Å². The number of hydrogen-bond donors (Lipinski definition) is 0. The molecule has 0 saturated heterocycles. The van der Waals surface area contributed by atoms with E-state index in [0.29, 0.717) is 37.7 Å². The van der Waals surface area contributed by atoms with Crippen LogP contribution in [0.4, 0.5) is 0 Å². The Morgan fingerprint density at radius 2 is 1.89 bits per heavy atom. The Balaban J connectivity index is 1.97. The molecule has 3 aromatic rings. The van der Waals surface area contributed by atoms with Gasteiger partial charge in [-0.3, -0.25) is 14.2 Å². The molecule has 11 heteroatoms. The van der Waals surface area contributed by atoms with Crippen LogP contribution in [0.5, 0.6) is 11.5 Å². The van der Waals surface area contributed by atoms with E-state index in [2.05, 4.69) is 50.2 Å². The maximum atomic E-state index is 13.8. The number of nitrogens with zero attached hydrogens (tertiary/aromatic N) is 2. The molecule has 1 aliphatic rings. The van der Waals surface area contributed by atoms with Crippen molar-refractivity contribution in [1.82, 2.24) is 4.57 Å². The van der Waals surface area contributed by atoms with Crippen molar-refractivity contribution in [3.63, 3.8) is 0 Å². The summed E-state index contributed by atoms with van der Waals surface area (Å²) in [6, 6.07) is 10.2. The topological polar surface area (TPSA) is 96.2 Å². The first-order chi connectivity index (χ1) is 17.6. The molecule has 1 atom stereocenters. The van der Waals surface area contributed by atoms with E-state index in [1.807, 2.05) is 24.3 Å². The number of hydrogen-bond acceptors (Lipinski definition) is 8. The molecule has 0 N–H and O–H groups in total. The summed E-state index contributed by atoms with van der Waals surface area (Å²) in [5.41, 5.74) is 1.78. The molecule has 1 aromatic heterocycles. The maximum Gasteiger partial charge on any atom is 0.338 e. The largest absolute Gasteiger partial charge is 0.497 e. The highest BCUT2D eigenvalue weighted by atomic mass is 127. The van der Waals surface area contributed by atoms with Crippen LogP contribution in [0.2, 0.25) is 0 Å². The number of carbonyl (C=O) groups is 2. The third-order valence-electron chi connectivity index (χ3n) is 5.52. The van der Waals surface area contributed by atoms with Gasteiger partial charge in [-0.2, -0.15) is 0 Å². The standard InChI is InChI=1S/C26H22I2N2O6S/c1-5-35-25(33)21-13(2)29-26-30(22(21)15-6-8-18(34-4)9-7-15)24(32)20(37-26)11-16-10-17(27)12-19(28)23(16)36-14(3)31/h6-12,22H,5H2,1-4H3/b20-11-/t22-/m1/s1. The third kappa shape index (κ3) is 5.67. The van der Waals surface area contributed by atoms with Crippen LogP contribution in [-0.4, -0.2) is 30.2 Å². The second-order valence-corrected chi connectivity index (χ2v) is 11.4. The highest BCUT2D eigenvalue weighted by molar-refractivity contribution is 14.1. The molecule has 4 rings (SSSR count). The summed E-state index contributed by atoms with van der Waals surface area (Å²) < 4.78 is 19.7. The smallest absolute Gasteiger partial charge is 0.338 e. The van der Waals surface area contributed by atoms with Crippen molar-refractivity contribution in [1.29, 1.82) is 0 Å². The zero-order valence-corrected chi connectivity index (χ0v) is 25.5. The average Bonchev–Trinajstić information content (AvgIpc) is 3.14. The number of allylic oxidation sites excluding steroid dienone is 1. The molecular weight excluding hydrogens is 722 g/mol. The molecule has 37 heavy (non-hydrogen) atoms. The molecule has 192 valence electrons. The fraction of sp³-hybridized carbons (Fsp3) is 0.231. The fourth-order valence-electron chi connectivity index (χ4n) is 3.97. The molecule has 1 aliphatic heterocycles. The van der Waals surface area contributed by atoms with E-state index < -0.39 is 18.0 Å². The Hall–Kier alpha value is -2.52. The van der Waals surface area contributed by atoms with Gasteiger partial charge in [0.2, 0.25) is 0 Å². The number of aromatic nitrogens is 1. The Labute approximate surface area is 243 Å². The van der Waals surface area contributed by atoms with E-state index in [4.69, 9.17) is 14.2 Å². The molecule has 2 heterocycles. The Morgan fingerprint density at radius 3 is 2.51 bits per heavy atom. The first-order valence-corrected chi connectivity index (χ1v) is 14.1. The number of methoxy groups -OCH3 is 1. The van der Waals surface area contributed by atoms with Gasteiger partial charge < -0.3 is 14.2 Å². The quantitative estimate of drug-likeness (QED) is 0.216. The lowest BCUT2D eigenvalue weighted by molar-refractivity contribution is -0.139. The van der Waals surface area contributed by atoms with E-state index >= 15 is 0 Å². The van der Waals surface area contributed by atoms with Gasteiger partial charge in [-0.25, -0.2) is 9.79 Å². The average molecular weight is 744 g/mol. The van der Waals surface area contributed by atoms with Crippen LogP contribution in [0.15, 0.2) is 57.5 Å². The third-order valence-corrected chi connectivity index (χ3v) is 7.93. The minimum absolute atomic E-state index is 0.194. The van der Waals surface area contributed by atoms with Crippen LogP contribution in [0.1, 0.15) is 37.9 Å². The number of halogens is 2. The van der Waals surface area contributed by atoms with E-state index in [9.17, 15) is 14.4 Å². The molecule has 0 fully saturated rings. The second-order valence-electron chi connectivity index (χ2n) is 7.98. The van der Waals surface area contributed by atoms with Gasteiger partial charge in [-0.1, -0.05) is 23.5 Å². The number of ether oxygens (including phenoxy) is 3. The van der Waals surface area contributed by atoms with Gasteiger partial charge in [-0.15, -0.1) is 0 Å². The summed E-state index contributed by atoms with van der Waals surface area (Å²) in [5.74, 6) is 0.0582. The zero-order chi connectivity index (χ0) is 26.9. The van der Waals surface area contributed by atoms with Gasteiger partial charge in [0.15, 0.2) is 10.6 Å². The summed E-state index contributed by atoms with van der Waals surface area (Å²) in [6.07, 6.45) is 1.70. The number of thiazole rings is 1. The van der Waals surface area contributed by atoms with Crippen molar-refractivity contribution in [2.45, 2.75) is 26.8 Å². The number of benzene rings is 2. The summed E-state index contributed by atoms with van der Waals surface area (Å²) >= 11 is 5.48. The summed E-state index contributed by atoms with van der Waals surface area (Å²) in [5, 5.41) is 0. The molecular formula is C26H22I2N2O6S. The highest BCUT2D eigenvalue weighted by Gasteiger charge is 2.33. The maximum absolute atomic E-state index is 13.8. The van der Waals surface area contributed by atoms with Crippen LogP contribution < -0.4 is 24.4 Å². The minimum atomic E-state index is -0.729. The summed E-state index contributed by atoms with van der Waals surface area (Å²) in [6.45, 7) is 5.00. The van der Waals surface area contributed by atoms with Crippen LogP contribution in [0.25, 0.3) is 6.08 Å². The van der Waals surface area contributed by atoms with E-state index in [1.165, 1.54) is 22.8 Å². The molecule has 0 amide bonds. The molecule has 0 unspecified atom stereocenters. The van der Waals surface area contributed by atoms with Crippen molar-refractivity contribution in [3.8, 4) is 11.5 Å². The molecule has 0 saturated carbocycles. The SMILES string of the molecule is CCOC(=O)C1=C(C)N=c2s/c(=C\c3cc(I)cc(I)c3OC(C)=O)c(=O)n2[C@@H]1c1ccc(OC)cc1. The molecule has 0 spiro atoms. The minimum Gasteiger partial charge on any atom is -0.497 e. The predicted molar refractivity (Wildman–Crippen MR) is 157 cm³/mol. The van der Waals surface area contributed by atoms with Crippen LogP contribution >= 0.6 is 56.5 Å². The number of carbonyl (C=O) groups excluding carboxylic acids is 2. The zero-order valence-electron chi connectivity index (χ0n) is 20.3. The number of esters is 2. The molecule has 0 bridgehead atoms. The van der Waals surface area contributed by atoms with E-state index in [0.717, 1.165) is 12.7 Å². The lowest BCUT2D eigenvalue weighted by Gasteiger charge is -2.24. The summed E-state index contributed by atoms with van der Waals surface area (Å²) in [4.78, 5) is 43.6. The number of fused-ring (bicyclic) bond motifs is 1. The van der Waals surface area contributed by atoms with Crippen molar-refractivity contribution in [2.24, 2.45) is 4.99 Å². The van der Waals surface area contributed by atoms with Crippen LogP contribution in [0, 0.1) is 7.14 Å². The normalized spacial score (nSPS) is 15.2. The van der Waals surface area contributed by atoms with Gasteiger partial charge in [-0.05, 0) is 94.9 Å². The lowest BCUT2D eigenvalue weighted by Crippen LogP contribution is -2.39. The Morgan fingerprint density at radius 1 is 1.19 bits per heavy atom. The van der Waals surface area contributed by atoms with E-state index in [-0.39, 0.29) is 12.2 Å². The van der Waals surface area contributed by atoms with Crippen molar-refractivity contribution in [3.05, 3.63) is 85.6 Å². The summed E-state index contributed by atoms with van der Waals surface area (Å²) in [7, 11) is 1.57. The van der Waals surface area contributed by atoms with Crippen molar-refractivity contribution >= 4 is 74.5 Å². The Kier molecular flexibility index (Phi) is 8.53. The van der Waals surface area contributed by atoms with Gasteiger partial charge in [0.25, 0.3) is 5.56 Å². The van der Waals surface area contributed by atoms with Gasteiger partial charge in [0.1, 0.15) is 5.75 Å². The van der Waals surface area contributed by atoms with Gasteiger partial charge in [0, 0.05) is 16.1 Å². The molecule has 0 aliphatic carbocycles.